The van der Waals surface area contributed by atoms with Crippen molar-refractivity contribution in [2.24, 2.45) is 0 Å². The van der Waals surface area contributed by atoms with Gasteiger partial charge in [0.2, 0.25) is 5.95 Å². The highest BCUT2D eigenvalue weighted by Gasteiger charge is 2.24. The first-order valence-corrected chi connectivity index (χ1v) is 11.5. The molecule has 2 aromatic heterocycles. The molecule has 0 atom stereocenters. The van der Waals surface area contributed by atoms with Gasteiger partial charge in [0.25, 0.3) is 0 Å². The summed E-state index contributed by atoms with van der Waals surface area (Å²) in [4.78, 5) is 10.9. The molecule has 0 saturated carbocycles. The van der Waals surface area contributed by atoms with E-state index >= 15 is 0 Å². The molecule has 1 N–H and O–H groups in total. The van der Waals surface area contributed by atoms with Crippen LogP contribution in [0.4, 0.5) is 10.3 Å². The number of fused-ring (bicyclic) bond motifs is 2. The summed E-state index contributed by atoms with van der Waals surface area (Å²) in [5.74, 6) is 0.860. The van der Waals surface area contributed by atoms with Crippen LogP contribution < -0.4 is 10.1 Å². The highest BCUT2D eigenvalue weighted by molar-refractivity contribution is 6.39. The fraction of sp³-hybridized carbons (Fsp3) is 0.269. The number of benzene rings is 2. The van der Waals surface area contributed by atoms with Crippen molar-refractivity contribution in [2.75, 3.05) is 26.0 Å². The van der Waals surface area contributed by atoms with E-state index in [-0.39, 0.29) is 18.1 Å². The van der Waals surface area contributed by atoms with Gasteiger partial charge >= 0.3 is 0 Å². The Bertz CT molecular complexity index is 1530. The van der Waals surface area contributed by atoms with E-state index in [2.05, 4.69) is 21.4 Å². The summed E-state index contributed by atoms with van der Waals surface area (Å²) in [6.07, 6.45) is 3.97. The molecule has 0 fully saturated rings. The molecule has 3 heterocycles. The Morgan fingerprint density at radius 2 is 2.06 bits per heavy atom. The van der Waals surface area contributed by atoms with E-state index in [1.165, 1.54) is 6.07 Å². The number of nitriles is 1. The molecular weight excluding hydrogens is 453 g/mol. The average Bonchev–Trinajstić information content (AvgIpc) is 3.51. The van der Waals surface area contributed by atoms with Crippen LogP contribution in [0.1, 0.15) is 27.9 Å². The van der Waals surface area contributed by atoms with E-state index in [9.17, 15) is 9.65 Å². The van der Waals surface area contributed by atoms with Crippen LogP contribution in [0, 0.1) is 24.1 Å². The highest BCUT2D eigenvalue weighted by atomic mass is 19.1. The lowest BCUT2D eigenvalue weighted by Gasteiger charge is -2.35. The van der Waals surface area contributed by atoms with E-state index in [1.807, 2.05) is 39.2 Å². The maximum atomic E-state index is 14.6. The van der Waals surface area contributed by atoms with Crippen molar-refractivity contribution in [3.05, 3.63) is 76.5 Å². The predicted octanol–water partition coefficient (Wildman–Crippen LogP) is 3.27. The molecule has 7 nitrogen and oxygen atoms in total. The fourth-order valence-corrected chi connectivity index (χ4v) is 4.50. The van der Waals surface area contributed by atoms with Gasteiger partial charge in [-0.1, -0.05) is 18.2 Å². The normalized spacial score (nSPS) is 13.0. The third-order valence-corrected chi connectivity index (χ3v) is 6.69. The maximum Gasteiger partial charge on any atom is 0.208 e. The van der Waals surface area contributed by atoms with Gasteiger partial charge in [0.05, 0.1) is 28.5 Å². The molecule has 0 bridgehead atoms. The first-order valence-electron chi connectivity index (χ1n) is 11.5. The highest BCUT2D eigenvalue weighted by Crippen LogP contribution is 2.33. The summed E-state index contributed by atoms with van der Waals surface area (Å²) >= 11 is 0. The van der Waals surface area contributed by atoms with Crippen molar-refractivity contribution in [1.82, 2.24) is 19.3 Å². The number of rotatable bonds is 6. The molecule has 0 spiro atoms. The third kappa shape index (κ3) is 3.99. The number of nitrogens with zero attached hydrogens (tertiary/aromatic N) is 5. The van der Waals surface area contributed by atoms with Crippen LogP contribution in [-0.2, 0) is 18.3 Å². The minimum atomic E-state index is -1.12. The lowest BCUT2D eigenvalue weighted by Crippen LogP contribution is -2.42. The van der Waals surface area contributed by atoms with Gasteiger partial charge < -0.3 is 15.0 Å². The molecule has 0 saturated heterocycles. The first-order chi connectivity index (χ1) is 17.2. The molecule has 1 aliphatic heterocycles. The molecule has 36 heavy (non-hydrogen) atoms. The predicted molar refractivity (Wildman–Crippen MR) is 138 cm³/mol. The molecule has 0 aliphatic carbocycles. The summed E-state index contributed by atoms with van der Waals surface area (Å²) in [6.45, 7) is 2.72. The van der Waals surface area contributed by atoms with Gasteiger partial charge in [-0.3, -0.25) is 4.40 Å². The van der Waals surface area contributed by atoms with Crippen LogP contribution in [0.5, 0.6) is 5.75 Å². The van der Waals surface area contributed by atoms with Crippen LogP contribution in [0.15, 0.2) is 42.7 Å². The quantitative estimate of drug-likeness (QED) is 0.431. The van der Waals surface area contributed by atoms with E-state index in [0.29, 0.717) is 35.9 Å². The molecule has 5 rings (SSSR count). The molecule has 4 radical (unpaired) electrons. The Balaban J connectivity index is 1.53. The number of nitrogens with one attached hydrogen (secondary N) is 1. The van der Waals surface area contributed by atoms with Gasteiger partial charge in [0, 0.05) is 35.9 Å². The average molecular weight is 476 g/mol. The van der Waals surface area contributed by atoms with E-state index in [4.69, 9.17) is 20.4 Å². The smallest absolute Gasteiger partial charge is 0.208 e. The minimum absolute atomic E-state index is 0.215. The number of ether oxygens (including phenoxy) is 1. The molecule has 1 aliphatic rings. The summed E-state index contributed by atoms with van der Waals surface area (Å²) in [6, 6.07) is 10.9. The zero-order chi connectivity index (χ0) is 25.6. The second kappa shape index (κ2) is 8.99. The lowest BCUT2D eigenvalue weighted by atomic mass is 9.57. The number of anilines is 1. The van der Waals surface area contributed by atoms with Gasteiger partial charge in [-0.15, -0.1) is 0 Å². The largest absolute Gasteiger partial charge is 0.493 e. The van der Waals surface area contributed by atoms with Crippen LogP contribution in [0.3, 0.4) is 0 Å². The van der Waals surface area contributed by atoms with E-state index < -0.39 is 5.34 Å². The zero-order valence-corrected chi connectivity index (χ0v) is 20.3. The minimum Gasteiger partial charge on any atom is -0.493 e. The van der Waals surface area contributed by atoms with Gasteiger partial charge in [-0.05, 0) is 55.2 Å². The summed E-state index contributed by atoms with van der Waals surface area (Å²) in [5.41, 5.74) is 5.54. The Hall–Kier alpha value is -3.83. The van der Waals surface area contributed by atoms with Crippen LogP contribution >= 0.6 is 0 Å². The monoisotopic (exact) mass is 476 g/mol. The zero-order valence-electron chi connectivity index (χ0n) is 20.3. The topological polar surface area (TPSA) is 78.5 Å². The van der Waals surface area contributed by atoms with Crippen LogP contribution in [-0.4, -0.2) is 55.7 Å². The van der Waals surface area contributed by atoms with Gasteiger partial charge in [0.1, 0.15) is 17.6 Å². The van der Waals surface area contributed by atoms with Gasteiger partial charge in [-0.2, -0.15) is 5.26 Å². The molecule has 10 heteroatoms. The summed E-state index contributed by atoms with van der Waals surface area (Å²) in [7, 11) is 16.2. The van der Waals surface area contributed by atoms with Crippen LogP contribution in [0.25, 0.3) is 16.8 Å². The molecule has 2 aromatic carbocycles. The number of hydrogen-bond acceptors (Lipinski definition) is 6. The number of hydrogen-bond donors (Lipinski definition) is 1. The molecule has 176 valence electrons. The van der Waals surface area contributed by atoms with Gasteiger partial charge in [-0.25, -0.2) is 14.4 Å². The van der Waals surface area contributed by atoms with Crippen molar-refractivity contribution in [1.29, 1.82) is 5.26 Å². The molecule has 0 unspecified atom stereocenters. The van der Waals surface area contributed by atoms with Crippen molar-refractivity contribution in [2.45, 2.75) is 25.2 Å². The Morgan fingerprint density at radius 3 is 2.78 bits per heavy atom. The molecular formula is C26H23B2FN6O. The summed E-state index contributed by atoms with van der Waals surface area (Å²) in [5, 5.41) is 11.6. The molecule has 4 aromatic rings. The second-order valence-corrected chi connectivity index (χ2v) is 9.13. The Morgan fingerprint density at radius 1 is 1.25 bits per heavy atom. The SMILES string of the molecule is [B]C([B])(c1ccc(-c2cnc(NCc3c(F)ccc4c3CCO4)n3cc(C#N)nc23)c(C)c1)N(C)C. The Labute approximate surface area is 211 Å². The number of aryl methyl sites for hydroxylation is 1. The maximum absolute atomic E-state index is 14.6. The van der Waals surface area contributed by atoms with Crippen molar-refractivity contribution in [3.63, 3.8) is 0 Å². The second-order valence-electron chi connectivity index (χ2n) is 9.13. The fourth-order valence-electron chi connectivity index (χ4n) is 4.50. The molecule has 0 amide bonds. The number of halogens is 1. The van der Waals surface area contributed by atoms with Gasteiger partial charge in [0.15, 0.2) is 11.3 Å². The standard InChI is InChI=1S/C26H23B2FN6O/c1-15-10-16(26(27,28)34(2)3)4-5-18(15)21-13-32-25(35-14-17(11-30)33-24(21)35)31-12-20-19-8-9-36-23(19)7-6-22(20)29/h4-7,10,13-14H,8-9,12H2,1-3H3,(H,31,32). The van der Waals surface area contributed by atoms with E-state index in [1.54, 1.807) is 27.8 Å². The number of aromatic nitrogens is 3. The lowest BCUT2D eigenvalue weighted by molar-refractivity contribution is 0.341. The van der Waals surface area contributed by atoms with Crippen LogP contribution in [0.2, 0.25) is 0 Å². The first kappa shape index (κ1) is 23.9. The third-order valence-electron chi connectivity index (χ3n) is 6.69. The van der Waals surface area contributed by atoms with Crippen molar-refractivity contribution < 1.29 is 9.13 Å². The van der Waals surface area contributed by atoms with E-state index in [0.717, 1.165) is 27.8 Å². The van der Waals surface area contributed by atoms with Crippen molar-refractivity contribution in [3.8, 4) is 22.9 Å². The summed E-state index contributed by atoms with van der Waals surface area (Å²) < 4.78 is 21.9. The van der Waals surface area contributed by atoms with Crippen molar-refractivity contribution >= 4 is 27.3 Å². The Kier molecular flexibility index (Phi) is 5.97. The number of imidazole rings is 1.